The number of alkyl halides is 3. The second kappa shape index (κ2) is 8.00. The standard InChI is InChI=1S/C18H18ClF3N2O3S/c1-11-4-9-15(10-16(11)19)24(28(3,26)27)12(2)17(25)23-14-7-5-13(6-8-14)18(20,21)22/h4-10,12H,1-3H3,(H,23,25)/t12-/m1/s1. The Morgan fingerprint density at radius 3 is 2.18 bits per heavy atom. The van der Waals surface area contributed by atoms with Crippen LogP contribution in [0.3, 0.4) is 0 Å². The maximum absolute atomic E-state index is 12.6. The molecule has 0 aliphatic rings. The fourth-order valence-electron chi connectivity index (χ4n) is 2.52. The molecule has 0 spiro atoms. The number of carbonyl (C=O) groups is 1. The zero-order valence-corrected chi connectivity index (χ0v) is 16.8. The van der Waals surface area contributed by atoms with E-state index in [0.717, 1.165) is 40.4 Å². The lowest BCUT2D eigenvalue weighted by molar-refractivity contribution is -0.137. The van der Waals surface area contributed by atoms with Crippen LogP contribution in [0.2, 0.25) is 5.02 Å². The summed E-state index contributed by atoms with van der Waals surface area (Å²) in [7, 11) is -3.85. The lowest BCUT2D eigenvalue weighted by Crippen LogP contribution is -2.45. The minimum absolute atomic E-state index is 0.111. The highest BCUT2D eigenvalue weighted by Gasteiger charge is 2.31. The zero-order valence-electron chi connectivity index (χ0n) is 15.2. The van der Waals surface area contributed by atoms with Crippen LogP contribution in [-0.2, 0) is 21.0 Å². The summed E-state index contributed by atoms with van der Waals surface area (Å²) in [6.45, 7) is 3.12. The van der Waals surface area contributed by atoms with Crippen LogP contribution in [0, 0.1) is 6.92 Å². The van der Waals surface area contributed by atoms with Crippen LogP contribution < -0.4 is 9.62 Å². The van der Waals surface area contributed by atoms with E-state index in [-0.39, 0.29) is 11.4 Å². The summed E-state index contributed by atoms with van der Waals surface area (Å²) in [6, 6.07) is 7.25. The first-order chi connectivity index (χ1) is 12.8. The van der Waals surface area contributed by atoms with Gasteiger partial charge in [0.2, 0.25) is 15.9 Å². The molecule has 0 heterocycles. The molecule has 2 aromatic carbocycles. The molecule has 28 heavy (non-hydrogen) atoms. The molecule has 0 saturated heterocycles. The second-order valence-corrected chi connectivity index (χ2v) is 8.50. The van der Waals surface area contributed by atoms with Gasteiger partial charge in [0, 0.05) is 10.7 Å². The van der Waals surface area contributed by atoms with Crippen LogP contribution in [0.1, 0.15) is 18.1 Å². The van der Waals surface area contributed by atoms with Gasteiger partial charge in [-0.05, 0) is 55.8 Å². The fraction of sp³-hybridized carbons (Fsp3) is 0.278. The Kier molecular flexibility index (Phi) is 6.30. The van der Waals surface area contributed by atoms with Gasteiger partial charge < -0.3 is 5.32 Å². The van der Waals surface area contributed by atoms with Crippen molar-refractivity contribution in [2.24, 2.45) is 0 Å². The van der Waals surface area contributed by atoms with Gasteiger partial charge in [-0.1, -0.05) is 17.7 Å². The minimum Gasteiger partial charge on any atom is -0.324 e. The number of anilines is 2. The molecule has 0 unspecified atom stereocenters. The predicted molar refractivity (Wildman–Crippen MR) is 103 cm³/mol. The van der Waals surface area contributed by atoms with E-state index in [9.17, 15) is 26.4 Å². The highest BCUT2D eigenvalue weighted by atomic mass is 35.5. The number of nitrogens with zero attached hydrogens (tertiary/aromatic N) is 1. The largest absolute Gasteiger partial charge is 0.416 e. The van der Waals surface area contributed by atoms with Crippen molar-refractivity contribution < 1.29 is 26.4 Å². The Hall–Kier alpha value is -2.26. The third-order valence-electron chi connectivity index (χ3n) is 3.98. The monoisotopic (exact) mass is 434 g/mol. The summed E-state index contributed by atoms with van der Waals surface area (Å²) in [5, 5.41) is 2.76. The Morgan fingerprint density at radius 1 is 1.14 bits per heavy atom. The molecule has 1 N–H and O–H groups in total. The van der Waals surface area contributed by atoms with E-state index in [1.54, 1.807) is 13.0 Å². The highest BCUT2D eigenvalue weighted by molar-refractivity contribution is 7.92. The van der Waals surface area contributed by atoms with Gasteiger partial charge in [0.15, 0.2) is 0 Å². The predicted octanol–water partition coefficient (Wildman–Crippen LogP) is 4.46. The number of hydrogen-bond acceptors (Lipinski definition) is 3. The molecule has 10 heteroatoms. The molecule has 0 fully saturated rings. The van der Waals surface area contributed by atoms with Crippen molar-refractivity contribution >= 4 is 38.9 Å². The molecule has 5 nitrogen and oxygen atoms in total. The van der Waals surface area contributed by atoms with E-state index >= 15 is 0 Å². The number of amides is 1. The fourth-order valence-corrected chi connectivity index (χ4v) is 3.86. The Morgan fingerprint density at radius 2 is 1.71 bits per heavy atom. The number of benzene rings is 2. The van der Waals surface area contributed by atoms with E-state index in [1.807, 2.05) is 0 Å². The Labute approximate surface area is 166 Å². The van der Waals surface area contributed by atoms with E-state index in [1.165, 1.54) is 19.1 Å². The Balaban J connectivity index is 2.28. The van der Waals surface area contributed by atoms with Crippen LogP contribution in [0.25, 0.3) is 0 Å². The maximum Gasteiger partial charge on any atom is 0.416 e. The molecule has 0 radical (unpaired) electrons. The Bertz CT molecular complexity index is 977. The molecule has 1 atom stereocenters. The molecule has 0 aromatic heterocycles. The van der Waals surface area contributed by atoms with Crippen molar-refractivity contribution in [2.75, 3.05) is 15.9 Å². The van der Waals surface area contributed by atoms with Gasteiger partial charge in [0.1, 0.15) is 6.04 Å². The van der Waals surface area contributed by atoms with E-state index in [0.29, 0.717) is 5.02 Å². The highest BCUT2D eigenvalue weighted by Crippen LogP contribution is 2.30. The first-order valence-electron chi connectivity index (χ1n) is 8.04. The van der Waals surface area contributed by atoms with E-state index in [2.05, 4.69) is 5.32 Å². The van der Waals surface area contributed by atoms with Crippen LogP contribution >= 0.6 is 11.6 Å². The zero-order chi connectivity index (χ0) is 21.3. The summed E-state index contributed by atoms with van der Waals surface area (Å²) in [5.41, 5.74) is 0.194. The molecule has 0 bridgehead atoms. The maximum atomic E-state index is 12.6. The summed E-state index contributed by atoms with van der Waals surface area (Å²) in [4.78, 5) is 12.5. The van der Waals surface area contributed by atoms with Gasteiger partial charge >= 0.3 is 6.18 Å². The van der Waals surface area contributed by atoms with Gasteiger partial charge in [-0.15, -0.1) is 0 Å². The van der Waals surface area contributed by atoms with Crippen LogP contribution in [0.4, 0.5) is 24.5 Å². The number of hydrogen-bond donors (Lipinski definition) is 1. The number of halogens is 4. The SMILES string of the molecule is Cc1ccc(N([C@H](C)C(=O)Nc2ccc(C(F)(F)F)cc2)S(C)(=O)=O)cc1Cl. The summed E-state index contributed by atoms with van der Waals surface area (Å²) < 4.78 is 63.3. The van der Waals surface area contributed by atoms with Gasteiger partial charge in [0.05, 0.1) is 17.5 Å². The third kappa shape index (κ3) is 5.17. The lowest BCUT2D eigenvalue weighted by Gasteiger charge is -2.28. The first-order valence-corrected chi connectivity index (χ1v) is 10.3. The van der Waals surface area contributed by atoms with Crippen molar-refractivity contribution in [2.45, 2.75) is 26.1 Å². The number of nitrogens with one attached hydrogen (secondary N) is 1. The molecule has 152 valence electrons. The number of aryl methyl sites for hydroxylation is 1. The first kappa shape index (κ1) is 22.0. The van der Waals surface area contributed by atoms with Crippen LogP contribution in [-0.4, -0.2) is 26.6 Å². The average Bonchev–Trinajstić information content (AvgIpc) is 2.56. The van der Waals surface area contributed by atoms with Crippen molar-refractivity contribution in [1.29, 1.82) is 0 Å². The van der Waals surface area contributed by atoms with Crippen LogP contribution in [0.15, 0.2) is 42.5 Å². The minimum atomic E-state index is -4.49. The topological polar surface area (TPSA) is 66.5 Å². The molecule has 1 amide bonds. The average molecular weight is 435 g/mol. The van der Waals surface area contributed by atoms with Crippen molar-refractivity contribution in [3.63, 3.8) is 0 Å². The normalized spacial score (nSPS) is 13.1. The quantitative estimate of drug-likeness (QED) is 0.755. The summed E-state index contributed by atoms with van der Waals surface area (Å²) in [6.07, 6.45) is -3.55. The van der Waals surface area contributed by atoms with Crippen molar-refractivity contribution in [1.82, 2.24) is 0 Å². The molecule has 2 rings (SSSR count). The molecule has 0 aliphatic heterocycles. The van der Waals surface area contributed by atoms with E-state index in [4.69, 9.17) is 11.6 Å². The number of rotatable bonds is 5. The van der Waals surface area contributed by atoms with Gasteiger partial charge in [0.25, 0.3) is 0 Å². The second-order valence-electron chi connectivity index (χ2n) is 6.23. The lowest BCUT2D eigenvalue weighted by atomic mass is 10.2. The molecule has 0 saturated carbocycles. The van der Waals surface area contributed by atoms with Crippen molar-refractivity contribution in [3.8, 4) is 0 Å². The molecular formula is C18H18ClF3N2O3S. The molecule has 0 aliphatic carbocycles. The summed E-state index contributed by atoms with van der Waals surface area (Å²) in [5.74, 6) is -0.707. The molecular weight excluding hydrogens is 417 g/mol. The molecule has 2 aromatic rings. The summed E-state index contributed by atoms with van der Waals surface area (Å²) >= 11 is 6.06. The van der Waals surface area contributed by atoms with Crippen molar-refractivity contribution in [3.05, 3.63) is 58.6 Å². The number of carbonyl (C=O) groups excluding carboxylic acids is 1. The van der Waals surface area contributed by atoms with E-state index < -0.39 is 33.7 Å². The van der Waals surface area contributed by atoms with Gasteiger partial charge in [-0.3, -0.25) is 9.10 Å². The van der Waals surface area contributed by atoms with Gasteiger partial charge in [-0.25, -0.2) is 8.42 Å². The third-order valence-corrected chi connectivity index (χ3v) is 5.63. The smallest absolute Gasteiger partial charge is 0.324 e. The van der Waals surface area contributed by atoms with Crippen LogP contribution in [0.5, 0.6) is 0 Å². The van der Waals surface area contributed by atoms with Gasteiger partial charge in [-0.2, -0.15) is 13.2 Å². The number of sulfonamides is 1.